The van der Waals surface area contributed by atoms with Crippen molar-refractivity contribution in [2.24, 2.45) is 0 Å². The Hall–Kier alpha value is -5.54. The van der Waals surface area contributed by atoms with Gasteiger partial charge in [0.05, 0.1) is 73.8 Å². The van der Waals surface area contributed by atoms with Crippen LogP contribution in [0.3, 0.4) is 0 Å². The number of nitrogens with zero attached hydrogens (tertiary/aromatic N) is 12. The van der Waals surface area contributed by atoms with E-state index in [1.54, 1.807) is 12.1 Å². The number of rotatable bonds is 12. The molecule has 332 valence electrons. The fraction of sp³-hybridized carbons (Fsp3) is 0.444. The summed E-state index contributed by atoms with van der Waals surface area (Å²) in [5.74, 6) is 1.20. The van der Waals surface area contributed by atoms with Gasteiger partial charge >= 0.3 is 0 Å². The van der Waals surface area contributed by atoms with Crippen LogP contribution >= 0.6 is 0 Å². The Labute approximate surface area is 352 Å². The molecule has 6 aromatic heterocycles. The van der Waals surface area contributed by atoms with E-state index in [-0.39, 0.29) is 48.8 Å². The van der Waals surface area contributed by atoms with Crippen LogP contribution in [0.25, 0.3) is 34.1 Å². The van der Waals surface area contributed by atoms with Crippen LogP contribution in [0.15, 0.2) is 61.4 Å². The second kappa shape index (κ2) is 18.4. The van der Waals surface area contributed by atoms with Crippen LogP contribution in [0, 0.1) is 0 Å². The zero-order valence-electron chi connectivity index (χ0n) is 33.6. The molecule has 4 atom stereocenters. The third-order valence-electron chi connectivity index (χ3n) is 9.79. The van der Waals surface area contributed by atoms with Gasteiger partial charge in [-0.05, 0) is 38.1 Å². The second-order valence-electron chi connectivity index (χ2n) is 14.6. The minimum Gasteiger partial charge on any atom is -0.373 e. The summed E-state index contributed by atoms with van der Waals surface area (Å²) in [4.78, 5) is 29.6. The third kappa shape index (κ3) is 10.7. The topological polar surface area (TPSA) is 229 Å². The molecule has 0 amide bonds. The number of fused-ring (bicyclic) bond motifs is 2. The van der Waals surface area contributed by atoms with Crippen LogP contribution in [0.2, 0.25) is 0 Å². The van der Waals surface area contributed by atoms with Crippen LogP contribution < -0.4 is 19.2 Å². The van der Waals surface area contributed by atoms with Gasteiger partial charge in [-0.15, -0.1) is 0 Å². The Morgan fingerprint density at radius 3 is 1.42 bits per heavy atom. The summed E-state index contributed by atoms with van der Waals surface area (Å²) < 4.78 is 117. The third-order valence-corrected chi connectivity index (χ3v) is 11.2. The number of alkyl halides is 4. The molecule has 2 aliphatic heterocycles. The van der Waals surface area contributed by atoms with E-state index in [4.69, 9.17) is 9.47 Å². The van der Waals surface area contributed by atoms with Gasteiger partial charge < -0.3 is 19.3 Å². The number of anilines is 2. The first kappa shape index (κ1) is 44.5. The number of hydrogen-bond donors (Lipinski definition) is 2. The molecule has 0 spiro atoms. The van der Waals surface area contributed by atoms with Crippen LogP contribution in [0.1, 0.15) is 38.1 Å². The van der Waals surface area contributed by atoms with Gasteiger partial charge in [-0.1, -0.05) is 0 Å². The molecule has 8 rings (SSSR count). The lowest BCUT2D eigenvalue weighted by molar-refractivity contribution is 0.0259. The van der Waals surface area contributed by atoms with E-state index in [2.05, 4.69) is 49.5 Å². The monoisotopic (exact) mass is 906 g/mol. The molecule has 0 aromatic carbocycles. The van der Waals surface area contributed by atoms with Gasteiger partial charge in [0.15, 0.2) is 11.3 Å². The van der Waals surface area contributed by atoms with Crippen molar-refractivity contribution >= 4 is 43.0 Å². The zero-order chi connectivity index (χ0) is 44.3. The molecular weight excluding hydrogens is 865 g/mol. The standard InChI is InChI=1S/2C18H21F2N7O3S/c2*1-11-9-30-12(6-24-31(2,28)29)8-26(11)17-5-14(22-10-23-17)15-7-21-16-4-3-13(18(19)20)25-27(15)16/h2*3-5,7,10-12,18,24H,6,8-9H2,1-2H3/t2*11-,12-/m10/s1. The number of nitrogens with one attached hydrogen (secondary N) is 2. The SMILES string of the molecule is C[C@@H]1CO[C@H](CNS(C)(=O)=O)CN1c1cc(-c2cnc3ccc(C(F)F)nn23)ncn1.C[C@H]1CO[C@@H](CNS(C)(=O)=O)CN1c1cc(-c2cnc3ccc(C(F)F)nn23)ncn1. The van der Waals surface area contributed by atoms with Crippen LogP contribution in [-0.4, -0.2) is 142 Å². The molecule has 0 saturated carbocycles. The fourth-order valence-corrected chi connectivity index (χ4v) is 7.63. The van der Waals surface area contributed by atoms with Gasteiger partial charge in [0.1, 0.15) is 47.1 Å². The number of aromatic nitrogens is 10. The Balaban J connectivity index is 0.000000186. The predicted octanol–water partition coefficient (Wildman–Crippen LogP) is 2.53. The van der Waals surface area contributed by atoms with Crippen LogP contribution in [0.4, 0.5) is 29.2 Å². The van der Waals surface area contributed by atoms with Gasteiger partial charge in [0.2, 0.25) is 20.0 Å². The van der Waals surface area contributed by atoms with Crippen molar-refractivity contribution in [2.45, 2.75) is 51.0 Å². The first-order valence-electron chi connectivity index (χ1n) is 19.0. The number of halogens is 4. The maximum atomic E-state index is 13.1. The molecule has 0 unspecified atom stereocenters. The summed E-state index contributed by atoms with van der Waals surface area (Å²) in [6.07, 6.45) is 1.88. The highest BCUT2D eigenvalue weighted by molar-refractivity contribution is 7.89. The highest BCUT2D eigenvalue weighted by atomic mass is 32.2. The lowest BCUT2D eigenvalue weighted by Gasteiger charge is -2.38. The molecule has 8 heterocycles. The molecule has 0 bridgehead atoms. The van der Waals surface area contributed by atoms with Crippen molar-refractivity contribution in [3.05, 3.63) is 72.8 Å². The molecule has 2 fully saturated rings. The highest BCUT2D eigenvalue weighted by Crippen LogP contribution is 2.28. The maximum Gasteiger partial charge on any atom is 0.282 e. The Bertz CT molecular complexity index is 2560. The van der Waals surface area contributed by atoms with Crippen molar-refractivity contribution in [3.8, 4) is 22.8 Å². The molecule has 2 saturated heterocycles. The smallest absolute Gasteiger partial charge is 0.282 e. The van der Waals surface area contributed by atoms with Crippen molar-refractivity contribution in [1.82, 2.24) is 58.6 Å². The number of morpholine rings is 2. The second-order valence-corrected chi connectivity index (χ2v) is 18.3. The zero-order valence-corrected chi connectivity index (χ0v) is 35.3. The van der Waals surface area contributed by atoms with Crippen molar-refractivity contribution < 1.29 is 43.9 Å². The average Bonchev–Trinajstić information content (AvgIpc) is 3.87. The lowest BCUT2D eigenvalue weighted by atomic mass is 10.2. The molecule has 2 aliphatic rings. The molecule has 6 aromatic rings. The van der Waals surface area contributed by atoms with Crippen molar-refractivity contribution in [1.29, 1.82) is 0 Å². The van der Waals surface area contributed by atoms with Crippen LogP contribution in [-0.2, 0) is 29.5 Å². The molecular formula is C36H42F4N14O6S2. The van der Waals surface area contributed by atoms with Crippen molar-refractivity contribution in [3.63, 3.8) is 0 Å². The fourth-order valence-electron chi connectivity index (χ4n) is 6.65. The number of imidazole rings is 2. The molecule has 62 heavy (non-hydrogen) atoms. The molecule has 2 N–H and O–H groups in total. The Morgan fingerprint density at radius 2 is 1.05 bits per heavy atom. The summed E-state index contributed by atoms with van der Waals surface area (Å²) in [6, 6.07) is 8.86. The predicted molar refractivity (Wildman–Crippen MR) is 217 cm³/mol. The molecule has 0 aliphatic carbocycles. The van der Waals surface area contributed by atoms with Gasteiger partial charge in [0.25, 0.3) is 12.9 Å². The Kier molecular flexibility index (Phi) is 13.2. The van der Waals surface area contributed by atoms with Gasteiger partial charge in [-0.2, -0.15) is 10.2 Å². The van der Waals surface area contributed by atoms with E-state index in [0.717, 1.165) is 12.5 Å². The van der Waals surface area contributed by atoms with Crippen molar-refractivity contribution in [2.75, 3.05) is 61.7 Å². The molecule has 20 nitrogen and oxygen atoms in total. The van der Waals surface area contributed by atoms with E-state index in [0.29, 0.717) is 72.0 Å². The van der Waals surface area contributed by atoms with Crippen LogP contribution in [0.5, 0.6) is 0 Å². The summed E-state index contributed by atoms with van der Waals surface area (Å²) in [7, 11) is -6.66. The normalized spacial score (nSPS) is 20.0. The minimum atomic E-state index is -3.33. The lowest BCUT2D eigenvalue weighted by Crippen LogP contribution is -2.52. The largest absolute Gasteiger partial charge is 0.373 e. The van der Waals surface area contributed by atoms with E-state index < -0.39 is 32.9 Å². The minimum absolute atomic E-state index is 0.0111. The number of sulfonamides is 2. The van der Waals surface area contributed by atoms with E-state index in [1.165, 1.54) is 58.3 Å². The Morgan fingerprint density at radius 1 is 0.645 bits per heavy atom. The van der Waals surface area contributed by atoms with Gasteiger partial charge in [-0.3, -0.25) is 0 Å². The van der Waals surface area contributed by atoms with E-state index >= 15 is 0 Å². The average molecular weight is 907 g/mol. The number of ether oxygens (including phenoxy) is 2. The summed E-state index contributed by atoms with van der Waals surface area (Å²) >= 11 is 0. The highest BCUT2D eigenvalue weighted by Gasteiger charge is 2.30. The molecule has 0 radical (unpaired) electrons. The molecule has 26 heteroatoms. The summed E-state index contributed by atoms with van der Waals surface area (Å²) in [5, 5.41) is 7.95. The van der Waals surface area contributed by atoms with Gasteiger partial charge in [-0.25, -0.2) is 82.8 Å². The van der Waals surface area contributed by atoms with E-state index in [9.17, 15) is 34.4 Å². The quantitative estimate of drug-likeness (QED) is 0.168. The summed E-state index contributed by atoms with van der Waals surface area (Å²) in [6.45, 7) is 5.84. The first-order valence-corrected chi connectivity index (χ1v) is 22.8. The summed E-state index contributed by atoms with van der Waals surface area (Å²) in [5.41, 5.74) is 1.99. The maximum absolute atomic E-state index is 13.1. The number of hydrogen-bond acceptors (Lipinski definition) is 16. The van der Waals surface area contributed by atoms with Gasteiger partial charge in [0, 0.05) is 38.3 Å². The first-order chi connectivity index (χ1) is 29.4. The van der Waals surface area contributed by atoms with E-state index in [1.807, 2.05) is 23.6 Å².